The van der Waals surface area contributed by atoms with Crippen molar-refractivity contribution < 1.29 is 9.59 Å². The zero-order chi connectivity index (χ0) is 17.6. The number of rotatable bonds is 3. The Morgan fingerprint density at radius 1 is 1.12 bits per heavy atom. The van der Waals surface area contributed by atoms with Crippen LogP contribution in [0.4, 0.5) is 10.5 Å². The quantitative estimate of drug-likeness (QED) is 0.833. The molecular weight excluding hydrogens is 322 g/mol. The Morgan fingerprint density at radius 2 is 1.80 bits per heavy atom. The van der Waals surface area contributed by atoms with Gasteiger partial charge in [-0.15, -0.1) is 0 Å². The van der Waals surface area contributed by atoms with Crippen LogP contribution in [0.3, 0.4) is 0 Å². The van der Waals surface area contributed by atoms with Crippen LogP contribution in [-0.4, -0.2) is 44.3 Å². The summed E-state index contributed by atoms with van der Waals surface area (Å²) in [6.07, 6.45) is 1.95. The van der Waals surface area contributed by atoms with Crippen LogP contribution < -0.4 is 10.6 Å². The minimum atomic E-state index is -0.556. The minimum Gasteiger partial charge on any atom is -0.341 e. The molecule has 0 atom stereocenters. The second-order valence-electron chi connectivity index (χ2n) is 6.47. The van der Waals surface area contributed by atoms with Crippen molar-refractivity contribution >= 4 is 17.6 Å². The number of carbonyl (C=O) groups is 2. The number of fused-ring (bicyclic) bond motifs is 1. The van der Waals surface area contributed by atoms with Crippen molar-refractivity contribution in [3.8, 4) is 0 Å². The molecule has 1 aromatic carbocycles. The lowest BCUT2D eigenvalue weighted by atomic mass is 10.2. The maximum Gasteiger partial charge on any atom is 0.365 e. The van der Waals surface area contributed by atoms with Crippen molar-refractivity contribution in [1.29, 1.82) is 0 Å². The maximum atomic E-state index is 12.8. The van der Waals surface area contributed by atoms with E-state index in [1.54, 1.807) is 9.80 Å². The fraction of sp³-hybridized carbons (Fsp3) is 0.412. The Morgan fingerprint density at radius 3 is 2.48 bits per heavy atom. The number of anilines is 1. The first-order valence-corrected chi connectivity index (χ1v) is 8.39. The Labute approximate surface area is 144 Å². The molecule has 0 N–H and O–H groups in total. The molecular formula is C17H19N5O3. The highest BCUT2D eigenvalue weighted by atomic mass is 16.2. The molecule has 0 unspecified atom stereocenters. The van der Waals surface area contributed by atoms with Gasteiger partial charge in [0.15, 0.2) is 5.82 Å². The van der Waals surface area contributed by atoms with Gasteiger partial charge in [-0.1, -0.05) is 17.7 Å². The van der Waals surface area contributed by atoms with E-state index in [1.165, 1.54) is 4.68 Å². The van der Waals surface area contributed by atoms with Crippen molar-refractivity contribution in [2.75, 3.05) is 18.0 Å². The van der Waals surface area contributed by atoms with Crippen LogP contribution >= 0.6 is 0 Å². The molecule has 8 heteroatoms. The van der Waals surface area contributed by atoms with Gasteiger partial charge in [-0.3, -0.25) is 9.69 Å². The molecule has 0 aliphatic carbocycles. The molecule has 2 aromatic rings. The Kier molecular flexibility index (Phi) is 3.67. The van der Waals surface area contributed by atoms with Crippen LogP contribution in [0.2, 0.25) is 0 Å². The Hall–Kier alpha value is -2.90. The van der Waals surface area contributed by atoms with Gasteiger partial charge in [-0.2, -0.15) is 9.67 Å². The molecule has 0 bridgehead atoms. The third-order valence-corrected chi connectivity index (χ3v) is 4.73. The lowest BCUT2D eigenvalue weighted by molar-refractivity contribution is -0.131. The van der Waals surface area contributed by atoms with Crippen LogP contribution in [0.1, 0.15) is 24.2 Å². The summed E-state index contributed by atoms with van der Waals surface area (Å²) in [5.41, 5.74) is 1.28. The van der Waals surface area contributed by atoms with E-state index in [9.17, 15) is 14.4 Å². The second kappa shape index (κ2) is 5.87. The molecule has 1 saturated heterocycles. The van der Waals surface area contributed by atoms with Crippen LogP contribution in [0.5, 0.6) is 0 Å². The van der Waals surface area contributed by atoms with Gasteiger partial charge in [-0.05, 0) is 31.9 Å². The molecule has 2 amide bonds. The van der Waals surface area contributed by atoms with Crippen LogP contribution in [0, 0.1) is 6.92 Å². The average molecular weight is 341 g/mol. The number of aryl methyl sites for hydroxylation is 1. The third kappa shape index (κ3) is 2.63. The summed E-state index contributed by atoms with van der Waals surface area (Å²) in [4.78, 5) is 44.5. The molecule has 0 radical (unpaired) electrons. The lowest BCUT2D eigenvalue weighted by Crippen LogP contribution is -2.39. The first-order chi connectivity index (χ1) is 12.0. The molecule has 130 valence electrons. The van der Waals surface area contributed by atoms with Crippen molar-refractivity contribution in [2.45, 2.75) is 32.9 Å². The van der Waals surface area contributed by atoms with Gasteiger partial charge in [0.25, 0.3) is 0 Å². The smallest absolute Gasteiger partial charge is 0.341 e. The van der Waals surface area contributed by atoms with Gasteiger partial charge in [0.2, 0.25) is 5.91 Å². The fourth-order valence-corrected chi connectivity index (χ4v) is 3.34. The van der Waals surface area contributed by atoms with Crippen LogP contribution in [-0.2, 0) is 17.9 Å². The summed E-state index contributed by atoms with van der Waals surface area (Å²) >= 11 is 0. The van der Waals surface area contributed by atoms with Gasteiger partial charge in [-0.25, -0.2) is 14.3 Å². The van der Waals surface area contributed by atoms with Crippen LogP contribution in [0.25, 0.3) is 0 Å². The third-order valence-electron chi connectivity index (χ3n) is 4.73. The average Bonchev–Trinajstić information content (AvgIpc) is 3.28. The predicted molar refractivity (Wildman–Crippen MR) is 90.5 cm³/mol. The highest BCUT2D eigenvalue weighted by molar-refractivity contribution is 5.95. The number of likely N-dealkylation sites (tertiary alicyclic amines) is 1. The topological polar surface area (TPSA) is 80.4 Å². The number of hydrogen-bond acceptors (Lipinski definition) is 4. The first kappa shape index (κ1) is 15.6. The van der Waals surface area contributed by atoms with E-state index >= 15 is 0 Å². The normalized spacial score (nSPS) is 16.6. The summed E-state index contributed by atoms with van der Waals surface area (Å²) in [6.45, 7) is 3.46. The van der Waals surface area contributed by atoms with E-state index in [0.717, 1.165) is 28.8 Å². The zero-order valence-corrected chi connectivity index (χ0v) is 14.0. The van der Waals surface area contributed by atoms with Crippen LogP contribution in [0.15, 0.2) is 29.1 Å². The lowest BCUT2D eigenvalue weighted by Gasteiger charge is -2.18. The molecule has 25 heavy (non-hydrogen) atoms. The van der Waals surface area contributed by atoms with Gasteiger partial charge < -0.3 is 4.90 Å². The highest BCUT2D eigenvalue weighted by Gasteiger charge is 2.34. The van der Waals surface area contributed by atoms with Crippen molar-refractivity contribution in [1.82, 2.24) is 19.2 Å². The SMILES string of the molecule is Cc1ccc(N2Cc3nc(=O)n(CC(=O)N4CCCC4)n3C2=O)cc1. The minimum absolute atomic E-state index is 0.149. The highest BCUT2D eigenvalue weighted by Crippen LogP contribution is 2.23. The number of amides is 2. The monoisotopic (exact) mass is 341 g/mol. The number of benzene rings is 1. The number of carbonyl (C=O) groups excluding carboxylic acids is 2. The molecule has 0 spiro atoms. The molecule has 8 nitrogen and oxygen atoms in total. The Bertz CT molecular complexity index is 890. The first-order valence-electron chi connectivity index (χ1n) is 8.39. The van der Waals surface area contributed by atoms with E-state index in [2.05, 4.69) is 4.98 Å². The second-order valence-corrected chi connectivity index (χ2v) is 6.47. The van der Waals surface area contributed by atoms with Gasteiger partial charge in [0, 0.05) is 18.8 Å². The predicted octanol–water partition coefficient (Wildman–Crippen LogP) is 0.964. The Balaban J connectivity index is 1.61. The molecule has 4 rings (SSSR count). The van der Waals surface area contributed by atoms with Crippen molar-refractivity contribution in [3.63, 3.8) is 0 Å². The van der Waals surface area contributed by atoms with E-state index < -0.39 is 5.69 Å². The summed E-state index contributed by atoms with van der Waals surface area (Å²) in [7, 11) is 0. The fourth-order valence-electron chi connectivity index (χ4n) is 3.34. The zero-order valence-electron chi connectivity index (χ0n) is 14.0. The van der Waals surface area contributed by atoms with Gasteiger partial charge >= 0.3 is 11.7 Å². The molecule has 2 aliphatic heterocycles. The van der Waals surface area contributed by atoms with E-state index in [1.807, 2.05) is 31.2 Å². The molecule has 2 aliphatic rings. The number of nitrogens with zero attached hydrogens (tertiary/aromatic N) is 5. The summed E-state index contributed by atoms with van der Waals surface area (Å²) in [5, 5.41) is 0. The summed E-state index contributed by atoms with van der Waals surface area (Å²) < 4.78 is 2.38. The molecule has 3 heterocycles. The standard InChI is InChI=1S/C17H19N5O3/c1-12-4-6-13(7-5-12)20-10-14-18-16(24)21(22(14)17(20)25)11-15(23)19-8-2-3-9-19/h4-7H,2-3,8-11H2,1H3. The number of hydrogen-bond donors (Lipinski definition) is 0. The van der Waals surface area contributed by atoms with E-state index in [-0.39, 0.29) is 25.0 Å². The van der Waals surface area contributed by atoms with E-state index in [0.29, 0.717) is 18.9 Å². The summed E-state index contributed by atoms with van der Waals surface area (Å²) in [6, 6.07) is 7.21. The molecule has 1 aromatic heterocycles. The summed E-state index contributed by atoms with van der Waals surface area (Å²) in [5.74, 6) is 0.216. The largest absolute Gasteiger partial charge is 0.365 e. The van der Waals surface area contributed by atoms with Crippen molar-refractivity contribution in [2.24, 2.45) is 0 Å². The van der Waals surface area contributed by atoms with Gasteiger partial charge in [0.1, 0.15) is 6.54 Å². The van der Waals surface area contributed by atoms with E-state index in [4.69, 9.17) is 0 Å². The molecule has 0 saturated carbocycles. The maximum absolute atomic E-state index is 12.8. The number of aromatic nitrogens is 3. The van der Waals surface area contributed by atoms with Crippen molar-refractivity contribution in [3.05, 3.63) is 46.1 Å². The van der Waals surface area contributed by atoms with Gasteiger partial charge in [0.05, 0.1) is 6.54 Å². The molecule has 1 fully saturated rings.